The van der Waals surface area contributed by atoms with Crippen molar-refractivity contribution in [2.24, 2.45) is 0 Å². The van der Waals surface area contributed by atoms with Crippen LogP contribution in [0, 0.1) is 0 Å². The van der Waals surface area contributed by atoms with Gasteiger partial charge in [-0.25, -0.2) is 4.79 Å². The molecule has 0 saturated carbocycles. The van der Waals surface area contributed by atoms with E-state index in [1.807, 2.05) is 60.7 Å². The number of Topliss-reactive ketones (excluding diaryl/α,β-unsaturated/α-hetero) is 1. The Morgan fingerprint density at radius 3 is 2.28 bits per heavy atom. The van der Waals surface area contributed by atoms with Gasteiger partial charge < -0.3 is 15.6 Å². The zero-order valence-corrected chi connectivity index (χ0v) is 15.8. The minimum Gasteiger partial charge on any atom is -0.412 e. The Labute approximate surface area is 167 Å². The highest BCUT2D eigenvalue weighted by Gasteiger charge is 2.59. The third kappa shape index (κ3) is 4.23. The maximum absolute atomic E-state index is 13.1. The summed E-state index contributed by atoms with van der Waals surface area (Å²) in [5.41, 5.74) is 8.58. The van der Waals surface area contributed by atoms with Crippen molar-refractivity contribution in [3.05, 3.63) is 77.3 Å². The molecule has 1 heterocycles. The predicted molar refractivity (Wildman–Crippen MR) is 104 cm³/mol. The smallest absolute Gasteiger partial charge is 0.412 e. The highest BCUT2D eigenvalue weighted by Crippen LogP contribution is 2.35. The van der Waals surface area contributed by atoms with E-state index in [2.05, 4.69) is 10.1 Å². The number of cyclic esters (lactones) is 1. The molecule has 1 aliphatic heterocycles. The molecule has 29 heavy (non-hydrogen) atoms. The van der Waals surface area contributed by atoms with Gasteiger partial charge in [0.05, 0.1) is 12.6 Å². The van der Waals surface area contributed by atoms with E-state index in [0.717, 1.165) is 11.1 Å². The molecule has 3 rings (SSSR count). The molecule has 0 aliphatic carbocycles. The molecule has 1 saturated heterocycles. The number of carbonyl (C=O) groups excluding carboxylic acids is 3. The highest BCUT2D eigenvalue weighted by atomic mass is 16.6. The van der Waals surface area contributed by atoms with E-state index in [4.69, 9.17) is 10.3 Å². The molecule has 8 nitrogen and oxygen atoms in total. The molecular formula is C21H20N4O4. The minimum absolute atomic E-state index is 0.118. The van der Waals surface area contributed by atoms with Crippen molar-refractivity contribution < 1.29 is 23.9 Å². The molecule has 1 fully saturated rings. The van der Waals surface area contributed by atoms with Gasteiger partial charge in [-0.3, -0.25) is 14.5 Å². The van der Waals surface area contributed by atoms with E-state index in [0.29, 0.717) is 6.21 Å². The third-order valence-corrected chi connectivity index (χ3v) is 4.70. The molecule has 148 valence electrons. The van der Waals surface area contributed by atoms with Crippen LogP contribution in [-0.2, 0) is 27.3 Å². The maximum atomic E-state index is 13.1. The average Bonchev–Trinajstić information content (AvgIpc) is 2.73. The molecule has 2 aromatic rings. The Bertz CT molecular complexity index is 957. The molecule has 2 atom stereocenters. The van der Waals surface area contributed by atoms with Crippen LogP contribution in [0.15, 0.2) is 60.7 Å². The number of amides is 2. The largest absolute Gasteiger partial charge is 0.416 e. The van der Waals surface area contributed by atoms with Crippen molar-refractivity contribution in [3.63, 3.8) is 0 Å². The number of hydrogen-bond donors (Lipinski definition) is 1. The van der Waals surface area contributed by atoms with E-state index in [9.17, 15) is 14.4 Å². The number of carbonyl (C=O) groups is 3. The average molecular weight is 392 g/mol. The van der Waals surface area contributed by atoms with Crippen LogP contribution in [0.2, 0.25) is 0 Å². The Hall–Kier alpha value is -3.77. The summed E-state index contributed by atoms with van der Waals surface area (Å²) in [7, 11) is 0. The number of nitrogens with one attached hydrogen (secondary N) is 1. The Morgan fingerprint density at radius 2 is 1.72 bits per heavy atom. The van der Waals surface area contributed by atoms with E-state index in [-0.39, 0.29) is 13.0 Å². The van der Waals surface area contributed by atoms with Crippen LogP contribution in [0.5, 0.6) is 0 Å². The molecule has 0 aromatic heterocycles. The van der Waals surface area contributed by atoms with Crippen molar-refractivity contribution in [2.45, 2.75) is 31.7 Å². The normalized spacial score (nSPS) is 18.7. The van der Waals surface area contributed by atoms with Crippen molar-refractivity contribution in [1.82, 2.24) is 10.2 Å². The predicted octanol–water partition coefficient (Wildman–Crippen LogP) is 1.95. The standard InChI is InChI=1S/C21H20N4O4/c1-15(18(26)13-23-22)24-19(27)21(12-16-8-4-2-5-9-16)25(20(28)29-21)14-17-10-6-3-7-11-17/h2-11,13,15H,12,14H2,1H3,(H,24,27)/t15-,21+/m0/s1. The van der Waals surface area contributed by atoms with Crippen LogP contribution in [0.4, 0.5) is 4.79 Å². The number of nitrogens with zero attached hydrogens (tertiary/aromatic N) is 3. The van der Waals surface area contributed by atoms with E-state index >= 15 is 0 Å². The van der Waals surface area contributed by atoms with Crippen LogP contribution in [0.1, 0.15) is 18.1 Å². The second-order valence-electron chi connectivity index (χ2n) is 6.73. The van der Waals surface area contributed by atoms with Crippen LogP contribution < -0.4 is 5.32 Å². The summed E-state index contributed by atoms with van der Waals surface area (Å²) >= 11 is 0. The topological polar surface area (TPSA) is 112 Å². The first-order valence-corrected chi connectivity index (χ1v) is 9.07. The first-order valence-electron chi connectivity index (χ1n) is 9.07. The summed E-state index contributed by atoms with van der Waals surface area (Å²) in [6.45, 7) is 1.64. The van der Waals surface area contributed by atoms with Gasteiger partial charge in [0.2, 0.25) is 0 Å². The summed E-state index contributed by atoms with van der Waals surface area (Å²) in [4.78, 5) is 41.3. The molecule has 8 heteroatoms. The molecular weight excluding hydrogens is 372 g/mol. The lowest BCUT2D eigenvalue weighted by Gasteiger charge is -2.49. The molecule has 1 N–H and O–H groups in total. The summed E-state index contributed by atoms with van der Waals surface area (Å²) < 4.78 is 5.40. The van der Waals surface area contributed by atoms with Crippen molar-refractivity contribution in [1.29, 1.82) is 0 Å². The van der Waals surface area contributed by atoms with Gasteiger partial charge in [0, 0.05) is 6.42 Å². The van der Waals surface area contributed by atoms with Crippen LogP contribution >= 0.6 is 0 Å². The molecule has 0 unspecified atom stereocenters. The molecule has 2 amide bonds. The number of rotatable bonds is 8. The summed E-state index contributed by atoms with van der Waals surface area (Å²) in [5.74, 6) is -1.21. The zero-order valence-electron chi connectivity index (χ0n) is 15.8. The molecule has 0 radical (unpaired) electrons. The molecule has 0 bridgehead atoms. The second kappa shape index (κ2) is 8.50. The first kappa shape index (κ1) is 20.0. The van der Waals surface area contributed by atoms with Gasteiger partial charge in [-0.15, -0.1) is 0 Å². The molecule has 0 spiro atoms. The van der Waals surface area contributed by atoms with Gasteiger partial charge in [0.15, 0.2) is 0 Å². The first-order chi connectivity index (χ1) is 14.0. The van der Waals surface area contributed by atoms with Gasteiger partial charge in [0.25, 0.3) is 17.4 Å². The van der Waals surface area contributed by atoms with Crippen LogP contribution in [0.3, 0.4) is 0 Å². The molecule has 1 aliphatic rings. The lowest BCUT2D eigenvalue weighted by molar-refractivity contribution is -0.199. The van der Waals surface area contributed by atoms with Gasteiger partial charge >= 0.3 is 12.3 Å². The Kier molecular flexibility index (Phi) is 5.85. The Balaban J connectivity index is 1.89. The minimum atomic E-state index is -1.58. The lowest BCUT2D eigenvalue weighted by atomic mass is 9.96. The van der Waals surface area contributed by atoms with Crippen molar-refractivity contribution in [2.75, 3.05) is 0 Å². The SMILES string of the molecule is C[C@H](NC(=O)[C@@]1(Cc2ccccc2)OC(=O)N1Cc1ccccc1)C(=O)C=[N+]=[N-]. The zero-order chi connectivity index (χ0) is 20.9. The summed E-state index contributed by atoms with van der Waals surface area (Å²) in [6.07, 6.45) is 0.215. The van der Waals surface area contributed by atoms with Crippen molar-refractivity contribution >= 4 is 24.0 Å². The fraction of sp³-hybridized carbons (Fsp3) is 0.238. The number of ether oxygens (including phenoxy) is 1. The second-order valence-corrected chi connectivity index (χ2v) is 6.73. The van der Waals surface area contributed by atoms with Crippen molar-refractivity contribution in [3.8, 4) is 0 Å². The fourth-order valence-corrected chi connectivity index (χ4v) is 3.12. The Morgan fingerprint density at radius 1 is 1.14 bits per heavy atom. The number of hydrogen-bond acceptors (Lipinski definition) is 4. The quantitative estimate of drug-likeness (QED) is 0.420. The third-order valence-electron chi connectivity index (χ3n) is 4.70. The summed E-state index contributed by atoms with van der Waals surface area (Å²) in [6, 6.07) is 17.4. The number of benzene rings is 2. The maximum Gasteiger partial charge on any atom is 0.416 e. The van der Waals surface area contributed by atoms with E-state index in [1.165, 1.54) is 11.8 Å². The number of ketones is 1. The van der Waals surface area contributed by atoms with Gasteiger partial charge in [-0.2, -0.15) is 4.79 Å². The van der Waals surface area contributed by atoms with Gasteiger partial charge in [0.1, 0.15) is 0 Å². The van der Waals surface area contributed by atoms with Crippen LogP contribution in [-0.4, -0.2) is 45.5 Å². The molecule has 2 aromatic carbocycles. The summed E-state index contributed by atoms with van der Waals surface area (Å²) in [5, 5.41) is 2.55. The van der Waals surface area contributed by atoms with Gasteiger partial charge in [-0.1, -0.05) is 60.7 Å². The highest BCUT2D eigenvalue weighted by molar-refractivity contribution is 6.28. The van der Waals surface area contributed by atoms with E-state index < -0.39 is 29.6 Å². The monoisotopic (exact) mass is 392 g/mol. The van der Waals surface area contributed by atoms with Gasteiger partial charge in [-0.05, 0) is 18.1 Å². The van der Waals surface area contributed by atoms with E-state index in [1.54, 1.807) is 0 Å². The van der Waals surface area contributed by atoms with Crippen LogP contribution in [0.25, 0.3) is 5.53 Å². The lowest BCUT2D eigenvalue weighted by Crippen LogP contribution is -2.73. The fourth-order valence-electron chi connectivity index (χ4n) is 3.12.